The number of amides is 2. The molecule has 1 rings (SSSR count). The number of nitrogens with one attached hydrogen (secondary N) is 1. The predicted octanol–water partition coefficient (Wildman–Crippen LogP) is 0.776. The third-order valence-electron chi connectivity index (χ3n) is 3.75. The van der Waals surface area contributed by atoms with Crippen LogP contribution in [0.4, 0.5) is 0 Å². The first-order valence-corrected chi connectivity index (χ1v) is 7.53. The minimum Gasteiger partial charge on any atom is -0.369 e. The molecule has 24 heavy (non-hydrogen) atoms. The average Bonchev–Trinajstić information content (AvgIpc) is 2.46. The summed E-state index contributed by atoms with van der Waals surface area (Å²) in [7, 11) is 0. The maximum Gasteiger partial charge on any atom is 0.223 e. The van der Waals surface area contributed by atoms with Crippen molar-refractivity contribution >= 4 is 31.1 Å². The van der Waals surface area contributed by atoms with Gasteiger partial charge in [0.15, 0.2) is 5.78 Å². The molecule has 0 radical (unpaired) electrons. The number of Topliss-reactive ketones (excluding diaryl/α,β-unsaturated/α-hetero) is 1. The van der Waals surface area contributed by atoms with Crippen LogP contribution in [-0.4, -0.2) is 23.6 Å². The molecule has 0 heterocycles. The largest absolute Gasteiger partial charge is 0.369 e. The summed E-state index contributed by atoms with van der Waals surface area (Å²) in [6.07, 6.45) is 0.340. The molecule has 0 bridgehead atoms. The highest BCUT2D eigenvalue weighted by Gasteiger charge is 2.31. The Morgan fingerprint density at radius 2 is 1.62 bits per heavy atom. The Morgan fingerprint density at radius 3 is 2.04 bits per heavy atom. The SMILES string of the molecule is CC(=O)N[C@@H](Cc1ccc(CN)cc1)C(=O)CC(C)(C)C(N)=O.S. The second-order valence-corrected chi connectivity index (χ2v) is 6.37. The molecule has 1 aromatic carbocycles. The number of hydrogen-bond acceptors (Lipinski definition) is 4. The van der Waals surface area contributed by atoms with Crippen molar-refractivity contribution in [1.29, 1.82) is 0 Å². The van der Waals surface area contributed by atoms with Gasteiger partial charge in [-0.3, -0.25) is 14.4 Å². The molecule has 2 amide bonds. The number of hydrogen-bond donors (Lipinski definition) is 3. The zero-order valence-corrected chi connectivity index (χ0v) is 15.4. The van der Waals surface area contributed by atoms with E-state index < -0.39 is 17.4 Å². The van der Waals surface area contributed by atoms with Crippen LogP contribution in [0.25, 0.3) is 0 Å². The van der Waals surface area contributed by atoms with E-state index in [4.69, 9.17) is 11.5 Å². The Balaban J connectivity index is 0.00000529. The standard InChI is InChI=1S/C17H25N3O3.H2S/c1-11(21)20-14(15(22)9-17(2,3)16(19)23)8-12-4-6-13(10-18)7-5-12;/h4-7,14H,8-10,18H2,1-3H3,(H2,19,23)(H,20,21);1H2/t14-;/m0./s1. The van der Waals surface area contributed by atoms with Crippen LogP contribution in [0, 0.1) is 5.41 Å². The maximum atomic E-state index is 12.5. The minimum atomic E-state index is -0.947. The van der Waals surface area contributed by atoms with Gasteiger partial charge in [-0.2, -0.15) is 13.5 Å². The van der Waals surface area contributed by atoms with Crippen molar-refractivity contribution in [2.24, 2.45) is 16.9 Å². The molecule has 0 aliphatic heterocycles. The summed E-state index contributed by atoms with van der Waals surface area (Å²) in [5.74, 6) is -1.05. The number of ketones is 1. The highest BCUT2D eigenvalue weighted by molar-refractivity contribution is 7.59. The average molecular weight is 353 g/mol. The smallest absolute Gasteiger partial charge is 0.223 e. The normalized spacial score (nSPS) is 12.0. The van der Waals surface area contributed by atoms with Gasteiger partial charge in [0.2, 0.25) is 11.8 Å². The number of primary amides is 1. The van der Waals surface area contributed by atoms with Gasteiger partial charge in [-0.05, 0) is 17.5 Å². The molecule has 0 aliphatic carbocycles. The molecule has 7 heteroatoms. The third kappa shape index (κ3) is 6.72. The number of carbonyl (C=O) groups is 3. The van der Waals surface area contributed by atoms with Crippen LogP contribution in [-0.2, 0) is 27.3 Å². The summed E-state index contributed by atoms with van der Waals surface area (Å²) in [6, 6.07) is 6.85. The third-order valence-corrected chi connectivity index (χ3v) is 3.75. The van der Waals surface area contributed by atoms with Gasteiger partial charge in [0, 0.05) is 19.9 Å². The van der Waals surface area contributed by atoms with Crippen LogP contribution in [0.2, 0.25) is 0 Å². The van der Waals surface area contributed by atoms with Gasteiger partial charge in [-0.15, -0.1) is 0 Å². The lowest BCUT2D eigenvalue weighted by atomic mass is 9.84. The van der Waals surface area contributed by atoms with E-state index in [0.717, 1.165) is 11.1 Å². The molecule has 0 spiro atoms. The molecule has 0 saturated heterocycles. The second kappa shape index (κ2) is 9.44. The predicted molar refractivity (Wildman–Crippen MR) is 98.6 cm³/mol. The Hall–Kier alpha value is -1.86. The molecule has 0 aliphatic rings. The molecule has 134 valence electrons. The first-order valence-electron chi connectivity index (χ1n) is 7.53. The first kappa shape index (κ1) is 22.1. The highest BCUT2D eigenvalue weighted by atomic mass is 32.1. The maximum absolute atomic E-state index is 12.5. The van der Waals surface area contributed by atoms with Gasteiger partial charge in [0.25, 0.3) is 0 Å². The van der Waals surface area contributed by atoms with Crippen LogP contribution in [0.1, 0.15) is 38.3 Å². The van der Waals surface area contributed by atoms with E-state index >= 15 is 0 Å². The number of carbonyl (C=O) groups excluding carboxylic acids is 3. The summed E-state index contributed by atoms with van der Waals surface area (Å²) in [5.41, 5.74) is 11.8. The summed E-state index contributed by atoms with van der Waals surface area (Å²) in [4.78, 5) is 35.3. The molecular weight excluding hydrogens is 326 g/mol. The van der Waals surface area contributed by atoms with Gasteiger partial charge in [0.05, 0.1) is 11.5 Å². The molecular formula is C17H27N3O3S. The molecule has 0 unspecified atom stereocenters. The zero-order valence-electron chi connectivity index (χ0n) is 14.4. The van der Waals surface area contributed by atoms with E-state index in [-0.39, 0.29) is 31.6 Å². The van der Waals surface area contributed by atoms with E-state index in [2.05, 4.69) is 5.32 Å². The van der Waals surface area contributed by atoms with E-state index in [1.165, 1.54) is 6.92 Å². The van der Waals surface area contributed by atoms with E-state index in [1.54, 1.807) is 13.8 Å². The first-order chi connectivity index (χ1) is 10.7. The van der Waals surface area contributed by atoms with Crippen molar-refractivity contribution < 1.29 is 14.4 Å². The van der Waals surface area contributed by atoms with Crippen molar-refractivity contribution in [2.45, 2.75) is 46.2 Å². The quantitative estimate of drug-likeness (QED) is 0.640. The lowest BCUT2D eigenvalue weighted by molar-refractivity contribution is -0.133. The van der Waals surface area contributed by atoms with Gasteiger partial charge < -0.3 is 16.8 Å². The summed E-state index contributed by atoms with van der Waals surface area (Å²) in [5, 5.41) is 2.65. The topological polar surface area (TPSA) is 115 Å². The number of nitrogens with two attached hydrogens (primary N) is 2. The van der Waals surface area contributed by atoms with E-state index in [1.807, 2.05) is 24.3 Å². The van der Waals surface area contributed by atoms with Crippen LogP contribution in [0.5, 0.6) is 0 Å². The molecule has 0 fully saturated rings. The van der Waals surface area contributed by atoms with Crippen LogP contribution in [0.3, 0.4) is 0 Å². The zero-order chi connectivity index (χ0) is 17.6. The second-order valence-electron chi connectivity index (χ2n) is 6.37. The summed E-state index contributed by atoms with van der Waals surface area (Å²) >= 11 is 0. The molecule has 0 saturated carbocycles. The Kier molecular flexibility index (Phi) is 8.71. The fourth-order valence-electron chi connectivity index (χ4n) is 2.18. The van der Waals surface area contributed by atoms with Crippen molar-refractivity contribution in [3.05, 3.63) is 35.4 Å². The van der Waals surface area contributed by atoms with Gasteiger partial charge in [-0.25, -0.2) is 0 Å². The van der Waals surface area contributed by atoms with Crippen LogP contribution < -0.4 is 16.8 Å². The fourth-order valence-corrected chi connectivity index (χ4v) is 2.18. The van der Waals surface area contributed by atoms with Crippen molar-refractivity contribution in [3.8, 4) is 0 Å². The molecule has 6 nitrogen and oxygen atoms in total. The summed E-state index contributed by atoms with van der Waals surface area (Å²) in [6.45, 7) is 5.04. The monoisotopic (exact) mass is 353 g/mol. The molecule has 1 aromatic rings. The fraction of sp³-hybridized carbons (Fsp3) is 0.471. The van der Waals surface area contributed by atoms with Crippen molar-refractivity contribution in [2.75, 3.05) is 0 Å². The van der Waals surface area contributed by atoms with Crippen LogP contribution in [0.15, 0.2) is 24.3 Å². The highest BCUT2D eigenvalue weighted by Crippen LogP contribution is 2.21. The Bertz CT molecular complexity index is 585. The minimum absolute atomic E-state index is 0. The van der Waals surface area contributed by atoms with Crippen molar-refractivity contribution in [1.82, 2.24) is 5.32 Å². The molecule has 5 N–H and O–H groups in total. The van der Waals surface area contributed by atoms with Gasteiger partial charge in [0.1, 0.15) is 0 Å². The number of rotatable bonds is 8. The van der Waals surface area contributed by atoms with Gasteiger partial charge >= 0.3 is 0 Å². The number of benzene rings is 1. The lowest BCUT2D eigenvalue weighted by Gasteiger charge is -2.23. The van der Waals surface area contributed by atoms with E-state index in [9.17, 15) is 14.4 Å². The van der Waals surface area contributed by atoms with Crippen LogP contribution >= 0.6 is 13.5 Å². The molecule has 0 aromatic heterocycles. The van der Waals surface area contributed by atoms with Crippen molar-refractivity contribution in [3.63, 3.8) is 0 Å². The lowest BCUT2D eigenvalue weighted by Crippen LogP contribution is -2.44. The Morgan fingerprint density at radius 1 is 1.12 bits per heavy atom. The summed E-state index contributed by atoms with van der Waals surface area (Å²) < 4.78 is 0. The van der Waals surface area contributed by atoms with E-state index in [0.29, 0.717) is 13.0 Å². The van der Waals surface area contributed by atoms with Gasteiger partial charge in [-0.1, -0.05) is 38.1 Å². The Labute approximate surface area is 149 Å². The molecule has 1 atom stereocenters.